The summed E-state index contributed by atoms with van der Waals surface area (Å²) in [6.45, 7) is 6.17. The summed E-state index contributed by atoms with van der Waals surface area (Å²) in [5.74, 6) is 0.178. The normalized spacial score (nSPS) is 10.2. The molecule has 2 amide bonds. The van der Waals surface area contributed by atoms with E-state index in [9.17, 15) is 9.59 Å². The second kappa shape index (κ2) is 8.67. The first-order valence-electron chi connectivity index (χ1n) is 7.98. The lowest BCUT2D eigenvalue weighted by Crippen LogP contribution is -2.33. The molecule has 0 aliphatic heterocycles. The molecule has 0 heterocycles. The topological polar surface area (TPSA) is 67.4 Å². The highest BCUT2D eigenvalue weighted by Crippen LogP contribution is 2.20. The van der Waals surface area contributed by atoms with Gasteiger partial charge in [0.15, 0.2) is 0 Å². The zero-order valence-electron chi connectivity index (χ0n) is 14.5. The van der Waals surface area contributed by atoms with Crippen molar-refractivity contribution in [1.29, 1.82) is 0 Å². The lowest BCUT2D eigenvalue weighted by Gasteiger charge is -2.11. The van der Waals surface area contributed by atoms with E-state index >= 15 is 0 Å². The zero-order valence-corrected chi connectivity index (χ0v) is 16.1. The van der Waals surface area contributed by atoms with Gasteiger partial charge >= 0.3 is 0 Å². The highest BCUT2D eigenvalue weighted by molar-refractivity contribution is 9.10. The molecule has 0 saturated heterocycles. The smallest absolute Gasteiger partial charge is 0.251 e. The number of benzene rings is 2. The molecule has 2 N–H and O–H groups in total. The summed E-state index contributed by atoms with van der Waals surface area (Å²) in [5.41, 5.74) is 3.04. The quantitative estimate of drug-likeness (QED) is 0.768. The zero-order chi connectivity index (χ0) is 18.4. The summed E-state index contributed by atoms with van der Waals surface area (Å²) in [4.78, 5) is 24.2. The molecule has 2 rings (SSSR count). The predicted octanol–water partition coefficient (Wildman–Crippen LogP) is 3.83. The Balaban J connectivity index is 1.93. The maximum atomic E-state index is 12.2. The first-order chi connectivity index (χ1) is 11.9. The summed E-state index contributed by atoms with van der Waals surface area (Å²) < 4.78 is 6.40. The minimum atomic E-state index is -0.297. The van der Waals surface area contributed by atoms with Gasteiger partial charge in [0.1, 0.15) is 5.75 Å². The Kier molecular flexibility index (Phi) is 6.58. The van der Waals surface area contributed by atoms with E-state index in [0.29, 0.717) is 12.2 Å². The van der Waals surface area contributed by atoms with Gasteiger partial charge in [-0.05, 0) is 68.3 Å². The van der Waals surface area contributed by atoms with Crippen LogP contribution in [0.15, 0.2) is 40.9 Å². The van der Waals surface area contributed by atoms with Gasteiger partial charge in [-0.1, -0.05) is 15.9 Å². The van der Waals surface area contributed by atoms with Gasteiger partial charge in [0.25, 0.3) is 5.91 Å². The van der Waals surface area contributed by atoms with Crippen molar-refractivity contribution in [2.24, 2.45) is 0 Å². The highest BCUT2D eigenvalue weighted by Gasteiger charge is 2.11. The van der Waals surface area contributed by atoms with Gasteiger partial charge in [-0.2, -0.15) is 0 Å². The summed E-state index contributed by atoms with van der Waals surface area (Å²) in [6.07, 6.45) is 0. The summed E-state index contributed by atoms with van der Waals surface area (Å²) in [7, 11) is 0. The molecular weight excluding hydrogens is 384 g/mol. The van der Waals surface area contributed by atoms with Crippen LogP contribution in [0.4, 0.5) is 5.69 Å². The van der Waals surface area contributed by atoms with Crippen LogP contribution in [0.5, 0.6) is 5.75 Å². The maximum Gasteiger partial charge on any atom is 0.251 e. The van der Waals surface area contributed by atoms with Crippen LogP contribution in [0.25, 0.3) is 0 Å². The molecule has 2 aromatic carbocycles. The molecule has 2 aromatic rings. The third kappa shape index (κ3) is 5.32. The molecule has 25 heavy (non-hydrogen) atoms. The number of nitrogens with one attached hydrogen (secondary N) is 2. The Hall–Kier alpha value is -2.34. The van der Waals surface area contributed by atoms with Gasteiger partial charge in [0, 0.05) is 15.7 Å². The number of rotatable bonds is 6. The van der Waals surface area contributed by atoms with Crippen LogP contribution in [0.3, 0.4) is 0 Å². The third-order valence-corrected chi connectivity index (χ3v) is 4.10. The van der Waals surface area contributed by atoms with Gasteiger partial charge in [0.05, 0.1) is 13.2 Å². The molecule has 0 radical (unpaired) electrons. The summed E-state index contributed by atoms with van der Waals surface area (Å²) >= 11 is 3.38. The Morgan fingerprint density at radius 1 is 1.08 bits per heavy atom. The fourth-order valence-electron chi connectivity index (χ4n) is 2.33. The van der Waals surface area contributed by atoms with Crippen LogP contribution < -0.4 is 15.4 Å². The van der Waals surface area contributed by atoms with Crippen molar-refractivity contribution >= 4 is 33.4 Å². The van der Waals surface area contributed by atoms with Crippen LogP contribution in [-0.2, 0) is 4.79 Å². The molecule has 6 heteroatoms. The molecule has 132 valence electrons. The molecule has 0 aliphatic rings. The highest BCUT2D eigenvalue weighted by atomic mass is 79.9. The molecule has 0 unspecified atom stereocenters. The monoisotopic (exact) mass is 404 g/mol. The van der Waals surface area contributed by atoms with Crippen LogP contribution in [0.1, 0.15) is 28.4 Å². The van der Waals surface area contributed by atoms with Crippen molar-refractivity contribution in [3.8, 4) is 5.75 Å². The van der Waals surface area contributed by atoms with E-state index in [0.717, 1.165) is 27.0 Å². The molecule has 0 spiro atoms. The number of carbonyl (C=O) groups is 2. The molecule has 5 nitrogen and oxygen atoms in total. The van der Waals surface area contributed by atoms with Crippen molar-refractivity contribution < 1.29 is 14.3 Å². The van der Waals surface area contributed by atoms with Gasteiger partial charge in [-0.25, -0.2) is 0 Å². The Morgan fingerprint density at radius 2 is 1.84 bits per heavy atom. The fourth-order valence-corrected chi connectivity index (χ4v) is 2.81. The Bertz CT molecular complexity index is 790. The first-order valence-corrected chi connectivity index (χ1v) is 8.77. The van der Waals surface area contributed by atoms with E-state index in [2.05, 4.69) is 26.6 Å². The number of halogens is 1. The van der Waals surface area contributed by atoms with Crippen molar-refractivity contribution in [1.82, 2.24) is 5.32 Å². The summed E-state index contributed by atoms with van der Waals surface area (Å²) in [5, 5.41) is 5.41. The fraction of sp³-hybridized carbons (Fsp3) is 0.263. The Morgan fingerprint density at radius 3 is 2.48 bits per heavy atom. The van der Waals surface area contributed by atoms with E-state index in [1.165, 1.54) is 0 Å². The van der Waals surface area contributed by atoms with Crippen molar-refractivity contribution in [2.75, 3.05) is 18.5 Å². The number of hydrogen-bond acceptors (Lipinski definition) is 3. The van der Waals surface area contributed by atoms with Crippen LogP contribution in [0, 0.1) is 13.8 Å². The average Bonchev–Trinajstić information content (AvgIpc) is 2.57. The van der Waals surface area contributed by atoms with Gasteiger partial charge < -0.3 is 15.4 Å². The molecule has 0 bridgehead atoms. The minimum Gasteiger partial charge on any atom is -0.494 e. The molecule has 0 aromatic heterocycles. The third-order valence-electron chi connectivity index (χ3n) is 3.61. The number of hydrogen-bond donors (Lipinski definition) is 2. The molecule has 0 atom stereocenters. The second-order valence-electron chi connectivity index (χ2n) is 5.60. The SMILES string of the molecule is CCOc1ccc(C(=O)NCC(=O)Nc2ccc(Br)cc2C)cc1C. The summed E-state index contributed by atoms with van der Waals surface area (Å²) in [6, 6.07) is 10.8. The van der Waals surface area contributed by atoms with E-state index in [-0.39, 0.29) is 18.4 Å². The largest absolute Gasteiger partial charge is 0.494 e. The first kappa shape index (κ1) is 19.0. The van der Waals surface area contributed by atoms with E-state index in [4.69, 9.17) is 4.74 Å². The van der Waals surface area contributed by atoms with Crippen molar-refractivity contribution in [2.45, 2.75) is 20.8 Å². The van der Waals surface area contributed by atoms with E-state index in [1.807, 2.05) is 39.0 Å². The molecule has 0 fully saturated rings. The van der Waals surface area contributed by atoms with Crippen LogP contribution in [0.2, 0.25) is 0 Å². The van der Waals surface area contributed by atoms with E-state index < -0.39 is 0 Å². The minimum absolute atomic E-state index is 0.0966. The van der Waals surface area contributed by atoms with Gasteiger partial charge in [-0.15, -0.1) is 0 Å². The molecular formula is C19H21BrN2O3. The second-order valence-corrected chi connectivity index (χ2v) is 6.52. The molecule has 0 saturated carbocycles. The molecule has 0 aliphatic carbocycles. The van der Waals surface area contributed by atoms with Gasteiger partial charge in [0.2, 0.25) is 5.91 Å². The van der Waals surface area contributed by atoms with Crippen molar-refractivity contribution in [3.63, 3.8) is 0 Å². The standard InChI is InChI=1S/C19H21BrN2O3/c1-4-25-17-8-5-14(9-13(17)3)19(24)21-11-18(23)22-16-7-6-15(20)10-12(16)2/h5-10H,4,11H2,1-3H3,(H,21,24)(H,22,23). The average molecular weight is 405 g/mol. The lowest BCUT2D eigenvalue weighted by atomic mass is 10.1. The number of anilines is 1. The number of ether oxygens (including phenoxy) is 1. The number of carbonyl (C=O) groups excluding carboxylic acids is 2. The van der Waals surface area contributed by atoms with Crippen LogP contribution >= 0.6 is 15.9 Å². The maximum absolute atomic E-state index is 12.2. The van der Waals surface area contributed by atoms with E-state index in [1.54, 1.807) is 18.2 Å². The van der Waals surface area contributed by atoms with Crippen LogP contribution in [-0.4, -0.2) is 25.0 Å². The Labute approximate surface area is 155 Å². The number of aryl methyl sites for hydroxylation is 2. The number of amides is 2. The van der Waals surface area contributed by atoms with Gasteiger partial charge in [-0.3, -0.25) is 9.59 Å². The predicted molar refractivity (Wildman–Crippen MR) is 102 cm³/mol. The lowest BCUT2D eigenvalue weighted by molar-refractivity contribution is -0.115. The van der Waals surface area contributed by atoms with Crippen molar-refractivity contribution in [3.05, 3.63) is 57.6 Å².